The lowest BCUT2D eigenvalue weighted by atomic mass is 10.2. The maximum atomic E-state index is 12.5. The molecule has 1 aromatic heterocycles. The predicted octanol–water partition coefficient (Wildman–Crippen LogP) is 2.49. The maximum Gasteiger partial charge on any atom is 0.322 e. The number of urea groups is 1. The van der Waals surface area contributed by atoms with Gasteiger partial charge in [-0.05, 0) is 38.2 Å². The normalized spacial score (nSPS) is 25.4. The lowest BCUT2D eigenvalue weighted by Gasteiger charge is -2.29. The van der Waals surface area contributed by atoms with Crippen LogP contribution < -0.4 is 5.32 Å². The summed E-state index contributed by atoms with van der Waals surface area (Å²) in [6, 6.07) is 1.61. The van der Waals surface area contributed by atoms with E-state index in [2.05, 4.69) is 5.32 Å². The Kier molecular flexibility index (Phi) is 3.96. The van der Waals surface area contributed by atoms with Crippen molar-refractivity contribution in [2.75, 3.05) is 23.4 Å². The molecule has 1 saturated heterocycles. The van der Waals surface area contributed by atoms with Crippen LogP contribution in [0.15, 0.2) is 11.4 Å². The van der Waals surface area contributed by atoms with Crippen molar-refractivity contribution in [1.29, 1.82) is 0 Å². The molecule has 116 valence electrons. The van der Waals surface area contributed by atoms with Crippen LogP contribution in [-0.2, 0) is 9.84 Å². The first kappa shape index (κ1) is 14.8. The van der Waals surface area contributed by atoms with Crippen molar-refractivity contribution in [3.63, 3.8) is 0 Å². The molecule has 1 aromatic rings. The number of sulfone groups is 1. The SMILES string of the molecule is Cc1cc(NC(=O)N2CCCS(=O)(=O)CC2C2CC2)cs1. The van der Waals surface area contributed by atoms with E-state index in [1.54, 1.807) is 16.2 Å². The van der Waals surface area contributed by atoms with Crippen molar-refractivity contribution < 1.29 is 13.2 Å². The number of rotatable bonds is 2. The minimum Gasteiger partial charge on any atom is -0.320 e. The van der Waals surface area contributed by atoms with Crippen LogP contribution in [0.3, 0.4) is 0 Å². The fourth-order valence-corrected chi connectivity index (χ4v) is 5.22. The molecule has 2 heterocycles. The summed E-state index contributed by atoms with van der Waals surface area (Å²) >= 11 is 1.59. The number of aryl methyl sites for hydroxylation is 1. The van der Waals surface area contributed by atoms with Gasteiger partial charge >= 0.3 is 6.03 Å². The maximum absolute atomic E-state index is 12.5. The Bertz CT molecular complexity index is 634. The fraction of sp³-hybridized carbons (Fsp3) is 0.643. The summed E-state index contributed by atoms with van der Waals surface area (Å²) in [7, 11) is -3.03. The second kappa shape index (κ2) is 5.61. The molecule has 0 spiro atoms. The Morgan fingerprint density at radius 3 is 2.81 bits per heavy atom. The summed E-state index contributed by atoms with van der Waals surface area (Å²) in [5.74, 6) is 0.665. The van der Waals surface area contributed by atoms with E-state index >= 15 is 0 Å². The average molecular weight is 328 g/mol. The lowest BCUT2D eigenvalue weighted by Crippen LogP contribution is -2.46. The number of nitrogens with zero attached hydrogens (tertiary/aromatic N) is 1. The Labute approximate surface area is 129 Å². The highest BCUT2D eigenvalue weighted by molar-refractivity contribution is 7.91. The van der Waals surface area contributed by atoms with E-state index in [0.29, 0.717) is 18.9 Å². The zero-order valence-electron chi connectivity index (χ0n) is 12.0. The summed E-state index contributed by atoms with van der Waals surface area (Å²) < 4.78 is 24.0. The monoisotopic (exact) mass is 328 g/mol. The van der Waals surface area contributed by atoms with Gasteiger partial charge in [0.2, 0.25) is 0 Å². The Balaban J connectivity index is 1.76. The van der Waals surface area contributed by atoms with Gasteiger partial charge in [-0.3, -0.25) is 0 Å². The van der Waals surface area contributed by atoms with E-state index in [-0.39, 0.29) is 23.6 Å². The van der Waals surface area contributed by atoms with Gasteiger partial charge in [0.25, 0.3) is 0 Å². The van der Waals surface area contributed by atoms with Crippen LogP contribution in [0.1, 0.15) is 24.1 Å². The average Bonchev–Trinajstić information content (AvgIpc) is 3.17. The van der Waals surface area contributed by atoms with Gasteiger partial charge in [-0.15, -0.1) is 11.3 Å². The van der Waals surface area contributed by atoms with Gasteiger partial charge in [0, 0.05) is 16.8 Å². The molecule has 1 atom stereocenters. The van der Waals surface area contributed by atoms with Gasteiger partial charge in [0.15, 0.2) is 9.84 Å². The molecule has 5 nitrogen and oxygen atoms in total. The minimum absolute atomic E-state index is 0.119. The highest BCUT2D eigenvalue weighted by atomic mass is 32.2. The quantitative estimate of drug-likeness (QED) is 0.907. The number of anilines is 1. The molecule has 1 N–H and O–H groups in total. The molecule has 0 radical (unpaired) electrons. The molecule has 2 aliphatic rings. The van der Waals surface area contributed by atoms with E-state index in [9.17, 15) is 13.2 Å². The summed E-state index contributed by atoms with van der Waals surface area (Å²) in [5.41, 5.74) is 0.796. The van der Waals surface area contributed by atoms with Crippen LogP contribution >= 0.6 is 11.3 Å². The molecular formula is C14H20N2O3S2. The van der Waals surface area contributed by atoms with Crippen molar-refractivity contribution in [3.05, 3.63) is 16.3 Å². The number of thiophene rings is 1. The standard InChI is InChI=1S/C14H20N2O3S2/c1-10-7-12(8-20-10)15-14(17)16-5-2-6-21(18,19)9-13(16)11-3-4-11/h7-8,11,13H,2-6,9H2,1H3,(H,15,17). The number of amides is 2. The van der Waals surface area contributed by atoms with Crippen LogP contribution in [0.4, 0.5) is 10.5 Å². The number of hydrogen-bond donors (Lipinski definition) is 1. The van der Waals surface area contributed by atoms with Gasteiger partial charge < -0.3 is 10.2 Å². The molecule has 2 fully saturated rings. The van der Waals surface area contributed by atoms with E-state index in [1.807, 2.05) is 18.4 Å². The zero-order valence-corrected chi connectivity index (χ0v) is 13.7. The third kappa shape index (κ3) is 3.58. The van der Waals surface area contributed by atoms with Crippen LogP contribution in [0.25, 0.3) is 0 Å². The summed E-state index contributed by atoms with van der Waals surface area (Å²) in [5, 5.41) is 4.81. The second-order valence-corrected chi connectivity index (χ2v) is 9.29. The molecule has 2 amide bonds. The molecule has 1 aliphatic carbocycles. The van der Waals surface area contributed by atoms with E-state index < -0.39 is 9.84 Å². The van der Waals surface area contributed by atoms with Gasteiger partial charge in [0.05, 0.1) is 23.2 Å². The minimum atomic E-state index is -3.03. The van der Waals surface area contributed by atoms with E-state index in [4.69, 9.17) is 0 Å². The molecule has 1 saturated carbocycles. The molecule has 1 unspecified atom stereocenters. The highest BCUT2D eigenvalue weighted by Gasteiger charge is 2.41. The largest absolute Gasteiger partial charge is 0.322 e. The van der Waals surface area contributed by atoms with Crippen LogP contribution in [0.2, 0.25) is 0 Å². The molecular weight excluding hydrogens is 308 g/mol. The lowest BCUT2D eigenvalue weighted by molar-refractivity contribution is 0.188. The van der Waals surface area contributed by atoms with Crippen molar-refractivity contribution in [1.82, 2.24) is 4.90 Å². The van der Waals surface area contributed by atoms with Crippen molar-refractivity contribution in [2.24, 2.45) is 5.92 Å². The molecule has 0 aromatic carbocycles. The van der Waals surface area contributed by atoms with Crippen LogP contribution in [0.5, 0.6) is 0 Å². The van der Waals surface area contributed by atoms with Crippen molar-refractivity contribution >= 4 is 32.9 Å². The molecule has 7 heteroatoms. The van der Waals surface area contributed by atoms with Crippen molar-refractivity contribution in [3.8, 4) is 0 Å². The number of nitrogens with one attached hydrogen (secondary N) is 1. The zero-order chi connectivity index (χ0) is 15.0. The molecule has 3 rings (SSSR count). The summed E-state index contributed by atoms with van der Waals surface area (Å²) in [4.78, 5) is 15.4. The van der Waals surface area contributed by atoms with Gasteiger partial charge in [-0.25, -0.2) is 13.2 Å². The van der Waals surface area contributed by atoms with E-state index in [1.165, 1.54) is 0 Å². The van der Waals surface area contributed by atoms with Gasteiger partial charge in [-0.1, -0.05) is 0 Å². The van der Waals surface area contributed by atoms with Crippen LogP contribution in [-0.4, -0.2) is 43.4 Å². The summed E-state index contributed by atoms with van der Waals surface area (Å²) in [6.07, 6.45) is 2.59. The summed E-state index contributed by atoms with van der Waals surface area (Å²) in [6.45, 7) is 2.52. The number of hydrogen-bond acceptors (Lipinski definition) is 4. The molecule has 21 heavy (non-hydrogen) atoms. The van der Waals surface area contributed by atoms with Gasteiger partial charge in [-0.2, -0.15) is 0 Å². The Morgan fingerprint density at radius 1 is 1.43 bits per heavy atom. The van der Waals surface area contributed by atoms with Gasteiger partial charge in [0.1, 0.15) is 0 Å². The van der Waals surface area contributed by atoms with Crippen molar-refractivity contribution in [2.45, 2.75) is 32.2 Å². The first-order valence-corrected chi connectivity index (χ1v) is 9.98. The number of carbonyl (C=O) groups is 1. The Hall–Kier alpha value is -1.08. The first-order valence-electron chi connectivity index (χ1n) is 7.28. The number of carbonyl (C=O) groups excluding carboxylic acids is 1. The topological polar surface area (TPSA) is 66.5 Å². The highest BCUT2D eigenvalue weighted by Crippen LogP contribution is 2.37. The first-order chi connectivity index (χ1) is 9.94. The third-order valence-corrected chi connectivity index (χ3v) is 6.71. The third-order valence-electron chi connectivity index (χ3n) is 4.09. The van der Waals surface area contributed by atoms with E-state index in [0.717, 1.165) is 23.4 Å². The second-order valence-electron chi connectivity index (χ2n) is 5.94. The molecule has 0 bridgehead atoms. The smallest absolute Gasteiger partial charge is 0.320 e. The van der Waals surface area contributed by atoms with Crippen LogP contribution in [0, 0.1) is 12.8 Å². The fourth-order valence-electron chi connectivity index (χ4n) is 2.88. The predicted molar refractivity (Wildman–Crippen MR) is 84.6 cm³/mol. The Morgan fingerprint density at radius 2 is 2.19 bits per heavy atom. The molecule has 1 aliphatic heterocycles.